The molecule has 170 valence electrons. The summed E-state index contributed by atoms with van der Waals surface area (Å²) in [7, 11) is 5.16. The van der Waals surface area contributed by atoms with Gasteiger partial charge in [-0.25, -0.2) is 0 Å². The molecule has 8 nitrogen and oxygen atoms in total. The van der Waals surface area contributed by atoms with Crippen molar-refractivity contribution in [3.05, 3.63) is 23.8 Å². The number of amides is 1. The fraction of sp³-hybridized carbons (Fsp3) is 0.619. The lowest BCUT2D eigenvalue weighted by Crippen LogP contribution is -2.52. The summed E-state index contributed by atoms with van der Waals surface area (Å²) in [5, 5.41) is 6.20. The van der Waals surface area contributed by atoms with Crippen LogP contribution in [0.2, 0.25) is 0 Å². The number of benzene rings is 1. The molecule has 0 spiro atoms. The van der Waals surface area contributed by atoms with Crippen LogP contribution in [0, 0.1) is 0 Å². The Balaban J connectivity index is 0.00000450. The van der Waals surface area contributed by atoms with Gasteiger partial charge in [-0.15, -0.1) is 24.0 Å². The van der Waals surface area contributed by atoms with Crippen LogP contribution >= 0.6 is 24.0 Å². The van der Waals surface area contributed by atoms with Crippen molar-refractivity contribution in [1.82, 2.24) is 20.4 Å². The number of nitrogens with zero attached hydrogens (tertiary/aromatic N) is 3. The molecule has 1 saturated heterocycles. The fourth-order valence-corrected chi connectivity index (χ4v) is 3.34. The molecule has 1 fully saturated rings. The molecule has 0 aliphatic carbocycles. The first-order chi connectivity index (χ1) is 14.1. The number of guanidine groups is 1. The van der Waals surface area contributed by atoms with Crippen molar-refractivity contribution in [2.24, 2.45) is 4.99 Å². The van der Waals surface area contributed by atoms with Crippen LogP contribution in [0.3, 0.4) is 0 Å². The maximum absolute atomic E-state index is 11.7. The average Bonchev–Trinajstić information content (AvgIpc) is 2.76. The zero-order valence-electron chi connectivity index (χ0n) is 18.6. The van der Waals surface area contributed by atoms with E-state index in [4.69, 9.17) is 9.47 Å². The quantitative estimate of drug-likeness (QED) is 0.287. The Bertz CT molecular complexity index is 679. The SMILES string of the molecule is CCCNC(=O)CCNC(=NC)N1CCN(Cc2cc(OC)ccc2OC)CC1.I. The van der Waals surface area contributed by atoms with Crippen molar-refractivity contribution in [2.75, 3.05) is 60.5 Å². The van der Waals surface area contributed by atoms with Crippen molar-refractivity contribution >= 4 is 35.8 Å². The maximum atomic E-state index is 11.7. The Kier molecular flexibility index (Phi) is 12.5. The molecular weight excluding hydrogens is 497 g/mol. The fourth-order valence-electron chi connectivity index (χ4n) is 3.34. The predicted octanol–water partition coefficient (Wildman–Crippen LogP) is 1.93. The van der Waals surface area contributed by atoms with Crippen LogP contribution in [0.25, 0.3) is 0 Å². The van der Waals surface area contributed by atoms with E-state index in [1.807, 2.05) is 25.1 Å². The highest BCUT2D eigenvalue weighted by Crippen LogP contribution is 2.25. The van der Waals surface area contributed by atoms with Gasteiger partial charge in [-0.2, -0.15) is 0 Å². The smallest absolute Gasteiger partial charge is 0.221 e. The lowest BCUT2D eigenvalue weighted by Gasteiger charge is -2.36. The summed E-state index contributed by atoms with van der Waals surface area (Å²) >= 11 is 0. The Labute approximate surface area is 197 Å². The Hall–Kier alpha value is -1.75. The van der Waals surface area contributed by atoms with Crippen LogP contribution in [0.5, 0.6) is 11.5 Å². The normalized spacial score (nSPS) is 14.7. The Morgan fingerprint density at radius 2 is 1.83 bits per heavy atom. The van der Waals surface area contributed by atoms with E-state index in [-0.39, 0.29) is 29.9 Å². The predicted molar refractivity (Wildman–Crippen MR) is 131 cm³/mol. The molecule has 0 unspecified atom stereocenters. The molecule has 0 radical (unpaired) electrons. The number of carbonyl (C=O) groups is 1. The van der Waals surface area contributed by atoms with Crippen molar-refractivity contribution in [3.8, 4) is 11.5 Å². The lowest BCUT2D eigenvalue weighted by atomic mass is 10.1. The number of hydrogen-bond acceptors (Lipinski definition) is 5. The molecule has 1 heterocycles. The third-order valence-corrected chi connectivity index (χ3v) is 4.97. The van der Waals surface area contributed by atoms with Gasteiger partial charge in [-0.1, -0.05) is 6.92 Å². The summed E-state index contributed by atoms with van der Waals surface area (Å²) in [5.74, 6) is 2.65. The van der Waals surface area contributed by atoms with E-state index in [9.17, 15) is 4.79 Å². The zero-order valence-corrected chi connectivity index (χ0v) is 20.9. The zero-order chi connectivity index (χ0) is 21.1. The summed E-state index contributed by atoms with van der Waals surface area (Å²) in [6.45, 7) is 7.80. The number of aliphatic imine (C=N–C) groups is 1. The average molecular weight is 533 g/mol. The molecule has 1 aromatic rings. The van der Waals surface area contributed by atoms with Gasteiger partial charge in [0.1, 0.15) is 11.5 Å². The number of nitrogens with one attached hydrogen (secondary N) is 2. The van der Waals surface area contributed by atoms with Gasteiger partial charge in [0, 0.05) is 64.8 Å². The first kappa shape index (κ1) is 26.3. The van der Waals surface area contributed by atoms with E-state index in [1.165, 1.54) is 0 Å². The molecule has 0 atom stereocenters. The third kappa shape index (κ3) is 8.17. The van der Waals surface area contributed by atoms with Crippen LogP contribution in [0.15, 0.2) is 23.2 Å². The van der Waals surface area contributed by atoms with Crippen molar-refractivity contribution in [2.45, 2.75) is 26.3 Å². The molecule has 1 aliphatic heterocycles. The van der Waals surface area contributed by atoms with E-state index in [0.29, 0.717) is 13.0 Å². The maximum Gasteiger partial charge on any atom is 0.221 e. The van der Waals surface area contributed by atoms with Crippen LogP contribution in [-0.4, -0.2) is 82.2 Å². The minimum absolute atomic E-state index is 0. The lowest BCUT2D eigenvalue weighted by molar-refractivity contribution is -0.120. The van der Waals surface area contributed by atoms with Crippen LogP contribution in [0.1, 0.15) is 25.3 Å². The third-order valence-electron chi connectivity index (χ3n) is 4.97. The Morgan fingerprint density at radius 1 is 1.10 bits per heavy atom. The molecule has 1 aromatic carbocycles. The van der Waals surface area contributed by atoms with Crippen molar-refractivity contribution in [3.63, 3.8) is 0 Å². The van der Waals surface area contributed by atoms with E-state index < -0.39 is 0 Å². The minimum atomic E-state index is 0. The summed E-state index contributed by atoms with van der Waals surface area (Å²) < 4.78 is 10.8. The number of ether oxygens (including phenoxy) is 2. The molecule has 9 heteroatoms. The standard InChI is InChI=1S/C21H35N5O3.HI/c1-5-9-23-20(27)8-10-24-21(22-2)26-13-11-25(12-14-26)16-17-15-18(28-3)6-7-19(17)29-4;/h6-7,15H,5,8-14,16H2,1-4H3,(H,22,24)(H,23,27);1H. The van der Waals surface area contributed by atoms with Gasteiger partial charge in [0.25, 0.3) is 0 Å². The second kappa shape index (κ2) is 14.3. The first-order valence-corrected chi connectivity index (χ1v) is 10.3. The number of halogens is 1. The highest BCUT2D eigenvalue weighted by Gasteiger charge is 2.21. The van der Waals surface area contributed by atoms with Gasteiger partial charge in [0.15, 0.2) is 5.96 Å². The molecule has 2 rings (SSSR count). The topological polar surface area (TPSA) is 78.4 Å². The molecule has 0 aromatic heterocycles. The largest absolute Gasteiger partial charge is 0.497 e. The second-order valence-corrected chi connectivity index (χ2v) is 7.01. The van der Waals surface area contributed by atoms with Gasteiger partial charge in [0.2, 0.25) is 5.91 Å². The molecule has 30 heavy (non-hydrogen) atoms. The van der Waals surface area contributed by atoms with Crippen LogP contribution in [-0.2, 0) is 11.3 Å². The summed E-state index contributed by atoms with van der Waals surface area (Å²) in [4.78, 5) is 20.7. The van der Waals surface area contributed by atoms with Crippen LogP contribution < -0.4 is 20.1 Å². The highest BCUT2D eigenvalue weighted by molar-refractivity contribution is 14.0. The number of rotatable bonds is 9. The summed E-state index contributed by atoms with van der Waals surface area (Å²) in [6, 6.07) is 5.90. The van der Waals surface area contributed by atoms with E-state index in [1.54, 1.807) is 21.3 Å². The monoisotopic (exact) mass is 533 g/mol. The minimum Gasteiger partial charge on any atom is -0.497 e. The first-order valence-electron chi connectivity index (χ1n) is 10.3. The van der Waals surface area contributed by atoms with Gasteiger partial charge >= 0.3 is 0 Å². The molecule has 0 bridgehead atoms. The van der Waals surface area contributed by atoms with E-state index >= 15 is 0 Å². The van der Waals surface area contributed by atoms with Gasteiger partial charge in [-0.05, 0) is 24.6 Å². The molecule has 0 saturated carbocycles. The second-order valence-electron chi connectivity index (χ2n) is 7.01. The molecule has 1 amide bonds. The van der Waals surface area contributed by atoms with E-state index in [2.05, 4.69) is 25.4 Å². The molecular formula is C21H36IN5O3. The molecule has 1 aliphatic rings. The van der Waals surface area contributed by atoms with Gasteiger partial charge in [-0.3, -0.25) is 14.7 Å². The van der Waals surface area contributed by atoms with E-state index in [0.717, 1.165) is 68.7 Å². The summed E-state index contributed by atoms with van der Waals surface area (Å²) in [6.07, 6.45) is 1.40. The Morgan fingerprint density at radius 3 is 2.43 bits per heavy atom. The van der Waals surface area contributed by atoms with Crippen LogP contribution in [0.4, 0.5) is 0 Å². The number of piperazine rings is 1. The highest BCUT2D eigenvalue weighted by atomic mass is 127. The number of hydrogen-bond donors (Lipinski definition) is 2. The van der Waals surface area contributed by atoms with Gasteiger partial charge < -0.3 is 25.0 Å². The number of carbonyl (C=O) groups excluding carboxylic acids is 1. The summed E-state index contributed by atoms with van der Waals surface area (Å²) in [5.41, 5.74) is 1.13. The van der Waals surface area contributed by atoms with Gasteiger partial charge in [0.05, 0.1) is 14.2 Å². The van der Waals surface area contributed by atoms with Crippen molar-refractivity contribution < 1.29 is 14.3 Å². The number of methoxy groups -OCH3 is 2. The van der Waals surface area contributed by atoms with Crippen molar-refractivity contribution in [1.29, 1.82) is 0 Å². The molecule has 2 N–H and O–H groups in total.